The first-order valence-corrected chi connectivity index (χ1v) is 16.5. The van der Waals surface area contributed by atoms with Crippen LogP contribution in [0.4, 0.5) is 17.5 Å². The Labute approximate surface area is 280 Å². The van der Waals surface area contributed by atoms with E-state index in [0.29, 0.717) is 11.6 Å². The third-order valence-corrected chi connectivity index (χ3v) is 9.39. The molecule has 1 fully saturated rings. The molecule has 4 aromatic carbocycles. The van der Waals surface area contributed by atoms with Gasteiger partial charge in [0.05, 0.1) is 5.52 Å². The van der Waals surface area contributed by atoms with Gasteiger partial charge in [-0.2, -0.15) is 5.10 Å². The summed E-state index contributed by atoms with van der Waals surface area (Å²) in [5.41, 5.74) is 5.93. The number of benzene rings is 4. The van der Waals surface area contributed by atoms with E-state index in [2.05, 4.69) is 158 Å². The molecule has 0 radical (unpaired) electrons. The largest absolute Gasteiger partial charge is 0.354 e. The third-order valence-electron chi connectivity index (χ3n) is 9.39. The van der Waals surface area contributed by atoms with E-state index in [1.165, 1.54) is 16.7 Å². The first-order valence-electron chi connectivity index (χ1n) is 16.5. The number of hydrogen-bond donors (Lipinski definition) is 2. The van der Waals surface area contributed by atoms with Gasteiger partial charge in [-0.3, -0.25) is 5.10 Å². The Morgan fingerprint density at radius 1 is 0.667 bits per heavy atom. The molecular formula is C40H38N8. The van der Waals surface area contributed by atoms with Gasteiger partial charge in [0.15, 0.2) is 11.6 Å². The van der Waals surface area contributed by atoms with Crippen LogP contribution in [-0.4, -0.2) is 62.9 Å². The van der Waals surface area contributed by atoms with E-state index in [0.717, 1.165) is 60.0 Å². The Morgan fingerprint density at radius 3 is 1.88 bits per heavy atom. The summed E-state index contributed by atoms with van der Waals surface area (Å²) in [4.78, 5) is 14.9. The lowest BCUT2D eigenvalue weighted by Crippen LogP contribution is -2.44. The van der Waals surface area contributed by atoms with Crippen LogP contribution >= 0.6 is 0 Å². The van der Waals surface area contributed by atoms with Crippen molar-refractivity contribution >= 4 is 28.4 Å². The second-order valence-electron chi connectivity index (χ2n) is 12.6. The number of H-pyrrole nitrogens is 1. The van der Waals surface area contributed by atoms with Gasteiger partial charge in [0.2, 0.25) is 0 Å². The molecule has 1 saturated heterocycles. The molecule has 0 aliphatic carbocycles. The second kappa shape index (κ2) is 12.5. The Morgan fingerprint density at radius 2 is 1.29 bits per heavy atom. The zero-order valence-corrected chi connectivity index (χ0v) is 27.2. The Hall–Kier alpha value is -5.73. The normalized spacial score (nSPS) is 14.0. The van der Waals surface area contributed by atoms with E-state index in [1.54, 1.807) is 0 Å². The summed E-state index contributed by atoms with van der Waals surface area (Å²) < 4.78 is 2.42. The number of fused-ring (bicyclic) bond motifs is 1. The van der Waals surface area contributed by atoms with Gasteiger partial charge in [0.25, 0.3) is 0 Å². The number of likely N-dealkylation sites (N-methyl/N-ethyl adjacent to an activating group) is 1. The van der Waals surface area contributed by atoms with E-state index >= 15 is 0 Å². The number of rotatable bonds is 8. The van der Waals surface area contributed by atoms with E-state index < -0.39 is 5.54 Å². The average molecular weight is 631 g/mol. The minimum atomic E-state index is -0.628. The van der Waals surface area contributed by atoms with E-state index in [9.17, 15) is 0 Å². The monoisotopic (exact) mass is 630 g/mol. The lowest BCUT2D eigenvalue weighted by molar-refractivity contribution is 0.312. The molecule has 0 unspecified atom stereocenters. The highest BCUT2D eigenvalue weighted by molar-refractivity contribution is 5.86. The highest BCUT2D eigenvalue weighted by atomic mass is 15.3. The average Bonchev–Trinajstić information content (AvgIpc) is 3.75. The van der Waals surface area contributed by atoms with Crippen molar-refractivity contribution in [3.05, 3.63) is 156 Å². The van der Waals surface area contributed by atoms with Crippen molar-refractivity contribution in [3.63, 3.8) is 0 Å². The van der Waals surface area contributed by atoms with Gasteiger partial charge in [0.1, 0.15) is 17.2 Å². The van der Waals surface area contributed by atoms with Crippen LogP contribution in [0, 0.1) is 6.92 Å². The molecule has 4 heterocycles. The van der Waals surface area contributed by atoms with Crippen molar-refractivity contribution in [2.75, 3.05) is 43.4 Å². The molecule has 8 nitrogen and oxygen atoms in total. The third kappa shape index (κ3) is 5.40. The molecule has 1 aliphatic rings. The van der Waals surface area contributed by atoms with Gasteiger partial charge < -0.3 is 19.7 Å². The SMILES string of the molecule is Cc1cc(Nc2cc(N3CCN(C)CC3)nc(-c3ccc4ccn(C(c5ccccc5)(c5ccccc5)c5ccccc5)c4c3)n2)n[nH]1. The van der Waals surface area contributed by atoms with Gasteiger partial charge in [-0.25, -0.2) is 9.97 Å². The molecule has 1 aliphatic heterocycles. The summed E-state index contributed by atoms with van der Waals surface area (Å²) in [5, 5.41) is 12.0. The standard InChI is InChI=1S/C40H38N8/c1-29-26-37(45-44-29)41-36-28-38(47-24-22-46(2)23-25-47)43-39(42-36)31-19-18-30-20-21-48(35(30)27-31)40(32-12-6-3-7-13-32,33-14-8-4-9-15-33)34-16-10-5-11-17-34/h3-21,26-28H,22-25H2,1-2H3,(H2,41,42,43,44,45). The number of aromatic amines is 1. The number of aryl methyl sites for hydroxylation is 1. The highest BCUT2D eigenvalue weighted by Crippen LogP contribution is 2.43. The first-order chi connectivity index (χ1) is 23.6. The van der Waals surface area contributed by atoms with Gasteiger partial charge in [-0.15, -0.1) is 0 Å². The molecule has 7 aromatic rings. The zero-order chi connectivity index (χ0) is 32.5. The van der Waals surface area contributed by atoms with Crippen LogP contribution in [0.1, 0.15) is 22.4 Å². The van der Waals surface area contributed by atoms with Crippen LogP contribution in [0.25, 0.3) is 22.3 Å². The van der Waals surface area contributed by atoms with Crippen molar-refractivity contribution in [2.45, 2.75) is 12.5 Å². The molecule has 2 N–H and O–H groups in total. The minimum Gasteiger partial charge on any atom is -0.354 e. The Kier molecular flexibility index (Phi) is 7.70. The van der Waals surface area contributed by atoms with Crippen LogP contribution in [-0.2, 0) is 5.54 Å². The van der Waals surface area contributed by atoms with Crippen LogP contribution in [0.3, 0.4) is 0 Å². The molecule has 0 bridgehead atoms. The topological polar surface area (TPSA) is 77.9 Å². The second-order valence-corrected chi connectivity index (χ2v) is 12.6. The van der Waals surface area contributed by atoms with Gasteiger partial charge in [-0.05, 0) is 48.2 Å². The van der Waals surface area contributed by atoms with Gasteiger partial charge in [0, 0.05) is 55.8 Å². The van der Waals surface area contributed by atoms with Crippen molar-refractivity contribution in [3.8, 4) is 11.4 Å². The fourth-order valence-corrected chi connectivity index (χ4v) is 6.95. The summed E-state index contributed by atoms with van der Waals surface area (Å²) in [5.74, 6) is 3.01. The Bertz CT molecular complexity index is 2050. The number of nitrogens with one attached hydrogen (secondary N) is 2. The molecule has 3 aromatic heterocycles. The minimum absolute atomic E-state index is 0.628. The first kappa shape index (κ1) is 29.7. The van der Waals surface area contributed by atoms with Crippen LogP contribution in [0.5, 0.6) is 0 Å². The van der Waals surface area contributed by atoms with Crippen LogP contribution in [0.15, 0.2) is 134 Å². The van der Waals surface area contributed by atoms with Crippen LogP contribution in [0.2, 0.25) is 0 Å². The molecule has 8 rings (SSSR count). The molecule has 0 atom stereocenters. The fourth-order valence-electron chi connectivity index (χ4n) is 6.95. The maximum absolute atomic E-state index is 5.18. The van der Waals surface area contributed by atoms with Crippen molar-refractivity contribution in [1.29, 1.82) is 0 Å². The maximum Gasteiger partial charge on any atom is 0.163 e. The quantitative estimate of drug-likeness (QED) is 0.170. The van der Waals surface area contributed by atoms with Crippen molar-refractivity contribution in [1.82, 2.24) is 29.6 Å². The van der Waals surface area contributed by atoms with Crippen molar-refractivity contribution in [2.24, 2.45) is 0 Å². The molecule has 8 heteroatoms. The lowest BCUT2D eigenvalue weighted by Gasteiger charge is -2.38. The van der Waals surface area contributed by atoms with E-state index in [-0.39, 0.29) is 0 Å². The molecule has 0 amide bonds. The zero-order valence-electron chi connectivity index (χ0n) is 27.2. The number of hydrogen-bond acceptors (Lipinski definition) is 6. The van der Waals surface area contributed by atoms with E-state index in [1.807, 2.05) is 19.1 Å². The van der Waals surface area contributed by atoms with Crippen LogP contribution < -0.4 is 10.2 Å². The molecule has 238 valence electrons. The summed E-state index contributed by atoms with van der Waals surface area (Å²) >= 11 is 0. The van der Waals surface area contributed by atoms with Crippen molar-refractivity contribution < 1.29 is 0 Å². The predicted molar refractivity (Wildman–Crippen MR) is 194 cm³/mol. The number of aromatic nitrogens is 5. The fraction of sp³-hybridized carbons (Fsp3) is 0.175. The summed E-state index contributed by atoms with van der Waals surface area (Å²) in [6.45, 7) is 5.78. The number of nitrogens with zero attached hydrogens (tertiary/aromatic N) is 6. The predicted octanol–water partition coefficient (Wildman–Crippen LogP) is 7.47. The molecule has 48 heavy (non-hydrogen) atoms. The molecule has 0 saturated carbocycles. The summed E-state index contributed by atoms with van der Waals surface area (Å²) in [6, 6.07) is 45.1. The Balaban J connectivity index is 1.32. The van der Waals surface area contributed by atoms with E-state index in [4.69, 9.17) is 9.97 Å². The molecule has 0 spiro atoms. The lowest BCUT2D eigenvalue weighted by atomic mass is 9.76. The highest BCUT2D eigenvalue weighted by Gasteiger charge is 2.39. The maximum atomic E-state index is 5.18. The number of anilines is 3. The summed E-state index contributed by atoms with van der Waals surface area (Å²) in [6.07, 6.45) is 2.22. The van der Waals surface area contributed by atoms with Gasteiger partial charge in [-0.1, -0.05) is 103 Å². The number of piperazine rings is 1. The van der Waals surface area contributed by atoms with Gasteiger partial charge >= 0.3 is 0 Å². The molecular weight excluding hydrogens is 592 g/mol. The smallest absolute Gasteiger partial charge is 0.163 e. The summed E-state index contributed by atoms with van der Waals surface area (Å²) in [7, 11) is 2.17.